The van der Waals surface area contributed by atoms with E-state index in [2.05, 4.69) is 47.2 Å². The summed E-state index contributed by atoms with van der Waals surface area (Å²) in [6.07, 6.45) is 1.53. The summed E-state index contributed by atoms with van der Waals surface area (Å²) in [4.78, 5) is 16.8. The van der Waals surface area contributed by atoms with Crippen molar-refractivity contribution in [3.63, 3.8) is 0 Å². The normalized spacial score (nSPS) is 16.1. The van der Waals surface area contributed by atoms with Crippen LogP contribution in [0.15, 0.2) is 24.3 Å². The summed E-state index contributed by atoms with van der Waals surface area (Å²) >= 11 is 0. The van der Waals surface area contributed by atoms with Crippen LogP contribution in [0.4, 0.5) is 5.69 Å². The summed E-state index contributed by atoms with van der Waals surface area (Å²) < 4.78 is 5.37. The number of nitrogens with one attached hydrogen (secondary N) is 1. The second kappa shape index (κ2) is 11.7. The molecule has 148 valence electrons. The topological polar surface area (TPSA) is 68.6 Å². The molecule has 1 N–H and O–H groups in total. The predicted octanol–water partition coefficient (Wildman–Crippen LogP) is 2.69. The summed E-state index contributed by atoms with van der Waals surface area (Å²) in [5.74, 6) is 0.489. The number of nitriles is 1. The zero-order valence-corrected chi connectivity index (χ0v) is 16.6. The van der Waals surface area contributed by atoms with Crippen molar-refractivity contribution in [2.45, 2.75) is 32.6 Å². The molecule has 6 nitrogen and oxygen atoms in total. The highest BCUT2D eigenvalue weighted by molar-refractivity contribution is 5.92. The van der Waals surface area contributed by atoms with Crippen molar-refractivity contribution in [1.29, 1.82) is 5.26 Å². The molecule has 0 radical (unpaired) electrons. The molecule has 6 heteroatoms. The third-order valence-corrected chi connectivity index (χ3v) is 5.12. The molecule has 1 aromatic carbocycles. The van der Waals surface area contributed by atoms with Crippen LogP contribution in [0.5, 0.6) is 0 Å². The zero-order valence-electron chi connectivity index (χ0n) is 16.6. The van der Waals surface area contributed by atoms with Crippen LogP contribution in [-0.2, 0) is 9.53 Å². The Balaban J connectivity index is 1.83. The molecule has 0 aliphatic carbocycles. The number of rotatable bonds is 10. The van der Waals surface area contributed by atoms with Crippen molar-refractivity contribution in [3.8, 4) is 6.07 Å². The van der Waals surface area contributed by atoms with Crippen molar-refractivity contribution in [2.24, 2.45) is 0 Å². The Morgan fingerprint density at radius 1 is 1.30 bits per heavy atom. The Hall–Kier alpha value is -1.94. The van der Waals surface area contributed by atoms with Crippen molar-refractivity contribution in [2.75, 3.05) is 57.8 Å². The minimum absolute atomic E-state index is 0.0359. The van der Waals surface area contributed by atoms with Crippen LogP contribution in [0, 0.1) is 11.3 Å². The van der Waals surface area contributed by atoms with Crippen molar-refractivity contribution < 1.29 is 9.53 Å². The molecule has 1 aliphatic rings. The Bertz CT molecular complexity index is 606. The van der Waals surface area contributed by atoms with Crippen molar-refractivity contribution in [1.82, 2.24) is 9.80 Å². The average molecular weight is 373 g/mol. The smallest absolute Gasteiger partial charge is 0.238 e. The molecule has 1 heterocycles. The van der Waals surface area contributed by atoms with E-state index in [1.165, 1.54) is 5.56 Å². The van der Waals surface area contributed by atoms with Crippen LogP contribution >= 0.6 is 0 Å². The van der Waals surface area contributed by atoms with Gasteiger partial charge in [0, 0.05) is 44.8 Å². The minimum Gasteiger partial charge on any atom is -0.379 e. The van der Waals surface area contributed by atoms with E-state index in [0.29, 0.717) is 25.4 Å². The number of morpholine rings is 1. The van der Waals surface area contributed by atoms with Gasteiger partial charge in [-0.15, -0.1) is 0 Å². The van der Waals surface area contributed by atoms with Crippen molar-refractivity contribution >= 4 is 11.6 Å². The van der Waals surface area contributed by atoms with Crippen LogP contribution in [0.1, 0.15) is 38.2 Å². The number of carbonyl (C=O) groups is 1. The molecule has 1 unspecified atom stereocenters. The summed E-state index contributed by atoms with van der Waals surface area (Å²) in [7, 11) is 0. The number of nitrogens with zero attached hydrogens (tertiary/aromatic N) is 3. The maximum atomic E-state index is 12.4. The van der Waals surface area contributed by atoms with E-state index in [-0.39, 0.29) is 5.91 Å². The third-order valence-electron chi connectivity index (χ3n) is 5.12. The Morgan fingerprint density at radius 3 is 2.63 bits per heavy atom. The number of hydrogen-bond acceptors (Lipinski definition) is 5. The molecule has 0 bridgehead atoms. The standard InChI is InChI=1S/C21H32N4O2/c1-3-18(2)19-5-7-20(8-6-19)23-21(26)17-25(10-4-9-22)12-11-24-13-15-27-16-14-24/h5-8,18H,3-4,10-17H2,1-2H3,(H,23,26). The Labute approximate surface area is 163 Å². The molecule has 1 aromatic rings. The van der Waals surface area contributed by atoms with Crippen LogP contribution in [-0.4, -0.2) is 68.2 Å². The fourth-order valence-electron chi connectivity index (χ4n) is 3.12. The molecule has 1 atom stereocenters. The van der Waals surface area contributed by atoms with Gasteiger partial charge in [0.25, 0.3) is 0 Å². The lowest BCUT2D eigenvalue weighted by Gasteiger charge is -2.29. The first-order valence-electron chi connectivity index (χ1n) is 9.91. The van der Waals surface area contributed by atoms with E-state index in [9.17, 15) is 4.79 Å². The van der Waals surface area contributed by atoms with E-state index >= 15 is 0 Å². The molecule has 27 heavy (non-hydrogen) atoms. The molecule has 1 fully saturated rings. The third kappa shape index (κ3) is 7.67. The van der Waals surface area contributed by atoms with Gasteiger partial charge in [-0.2, -0.15) is 5.26 Å². The largest absolute Gasteiger partial charge is 0.379 e. The molecule has 2 rings (SSSR count). The van der Waals surface area contributed by atoms with Gasteiger partial charge in [-0.05, 0) is 30.0 Å². The lowest BCUT2D eigenvalue weighted by Crippen LogP contribution is -2.43. The first-order valence-corrected chi connectivity index (χ1v) is 9.91. The summed E-state index contributed by atoms with van der Waals surface area (Å²) in [5.41, 5.74) is 2.11. The molecule has 0 spiro atoms. The quantitative estimate of drug-likeness (QED) is 0.684. The van der Waals surface area contributed by atoms with E-state index in [1.54, 1.807) is 0 Å². The van der Waals surface area contributed by atoms with Gasteiger partial charge < -0.3 is 10.1 Å². The first-order chi connectivity index (χ1) is 13.1. The Kier molecular flexibility index (Phi) is 9.26. The fraction of sp³-hybridized carbons (Fsp3) is 0.619. The lowest BCUT2D eigenvalue weighted by atomic mass is 9.99. The minimum atomic E-state index is -0.0359. The second-order valence-corrected chi connectivity index (χ2v) is 7.12. The number of carbonyl (C=O) groups excluding carboxylic acids is 1. The number of hydrogen-bond donors (Lipinski definition) is 1. The summed E-state index contributed by atoms with van der Waals surface area (Å²) in [5, 5.41) is 11.9. The Morgan fingerprint density at radius 2 is 2.00 bits per heavy atom. The zero-order chi connectivity index (χ0) is 19.5. The van der Waals surface area contributed by atoms with Crippen LogP contribution in [0.2, 0.25) is 0 Å². The van der Waals surface area contributed by atoms with Gasteiger partial charge in [-0.1, -0.05) is 26.0 Å². The highest BCUT2D eigenvalue weighted by Gasteiger charge is 2.15. The summed E-state index contributed by atoms with van der Waals surface area (Å²) in [6, 6.07) is 10.3. The van der Waals surface area contributed by atoms with E-state index in [0.717, 1.165) is 51.5 Å². The first kappa shape index (κ1) is 21.4. The molecule has 1 aliphatic heterocycles. The van der Waals surface area contributed by atoms with Crippen LogP contribution in [0.3, 0.4) is 0 Å². The molecule has 1 saturated heterocycles. The van der Waals surface area contributed by atoms with Gasteiger partial charge in [-0.3, -0.25) is 14.6 Å². The molecule has 0 aromatic heterocycles. The van der Waals surface area contributed by atoms with Crippen LogP contribution < -0.4 is 5.32 Å². The fourth-order valence-corrected chi connectivity index (χ4v) is 3.12. The van der Waals surface area contributed by atoms with E-state index in [4.69, 9.17) is 10.00 Å². The number of ether oxygens (including phenoxy) is 1. The van der Waals surface area contributed by atoms with Gasteiger partial charge in [0.15, 0.2) is 0 Å². The monoisotopic (exact) mass is 372 g/mol. The van der Waals surface area contributed by atoms with Gasteiger partial charge in [0.05, 0.1) is 25.8 Å². The predicted molar refractivity (Wildman–Crippen MR) is 108 cm³/mol. The molecule has 0 saturated carbocycles. The number of anilines is 1. The van der Waals surface area contributed by atoms with Gasteiger partial charge in [0.1, 0.15) is 0 Å². The lowest BCUT2D eigenvalue weighted by molar-refractivity contribution is -0.117. The highest BCUT2D eigenvalue weighted by atomic mass is 16.5. The molecular weight excluding hydrogens is 340 g/mol. The highest BCUT2D eigenvalue weighted by Crippen LogP contribution is 2.20. The van der Waals surface area contributed by atoms with Crippen LogP contribution in [0.25, 0.3) is 0 Å². The van der Waals surface area contributed by atoms with Gasteiger partial charge >= 0.3 is 0 Å². The molecular formula is C21H32N4O2. The van der Waals surface area contributed by atoms with Gasteiger partial charge in [0.2, 0.25) is 5.91 Å². The number of amides is 1. The molecule has 1 amide bonds. The van der Waals surface area contributed by atoms with E-state index in [1.807, 2.05) is 12.1 Å². The maximum Gasteiger partial charge on any atom is 0.238 e. The average Bonchev–Trinajstić information content (AvgIpc) is 2.70. The summed E-state index contributed by atoms with van der Waals surface area (Å²) in [6.45, 7) is 10.4. The van der Waals surface area contributed by atoms with Crippen molar-refractivity contribution in [3.05, 3.63) is 29.8 Å². The van der Waals surface area contributed by atoms with E-state index < -0.39 is 0 Å². The van der Waals surface area contributed by atoms with Gasteiger partial charge in [-0.25, -0.2) is 0 Å². The SMILES string of the molecule is CCC(C)c1ccc(NC(=O)CN(CCC#N)CCN2CCOCC2)cc1. The second-order valence-electron chi connectivity index (χ2n) is 7.12. The number of benzene rings is 1. The maximum absolute atomic E-state index is 12.4.